The molecule has 0 radical (unpaired) electrons. The molecule has 0 bridgehead atoms. The molecular weight excluding hydrogens is 226 g/mol. The van der Waals surface area contributed by atoms with Gasteiger partial charge in [-0.1, -0.05) is 6.58 Å². The molecule has 96 valence electrons. The molecule has 0 heterocycles. The lowest BCUT2D eigenvalue weighted by Gasteiger charge is -2.26. The number of rotatable bonds is 6. The third-order valence-corrected chi connectivity index (χ3v) is 1.87. The van der Waals surface area contributed by atoms with Gasteiger partial charge in [0.1, 0.15) is 0 Å². The van der Waals surface area contributed by atoms with Crippen LogP contribution >= 0.6 is 0 Å². The van der Waals surface area contributed by atoms with Gasteiger partial charge in [-0.25, -0.2) is 9.59 Å². The van der Waals surface area contributed by atoms with E-state index in [4.69, 9.17) is 9.47 Å². The fraction of sp³-hybridized carbons (Fsp3) is 0.545. The second kappa shape index (κ2) is 6.67. The van der Waals surface area contributed by atoms with Crippen LogP contribution in [0, 0.1) is 0 Å². The Morgan fingerprint density at radius 3 is 1.82 bits per heavy atom. The van der Waals surface area contributed by atoms with Gasteiger partial charge in [0, 0.05) is 6.92 Å². The Hall–Kier alpha value is -1.85. The fourth-order valence-corrected chi connectivity index (χ4v) is 1.17. The topological polar surface area (TPSA) is 81.7 Å². The summed E-state index contributed by atoms with van der Waals surface area (Å²) in [7, 11) is 0. The van der Waals surface area contributed by atoms with Gasteiger partial charge in [0.2, 0.25) is 5.91 Å². The molecule has 0 aromatic carbocycles. The summed E-state index contributed by atoms with van der Waals surface area (Å²) in [5, 5.41) is 2.21. The first-order chi connectivity index (χ1) is 7.94. The minimum absolute atomic E-state index is 0.0768. The number of esters is 2. The van der Waals surface area contributed by atoms with Crippen LogP contribution in [-0.2, 0) is 23.9 Å². The molecule has 17 heavy (non-hydrogen) atoms. The number of nitrogens with one attached hydrogen (secondary N) is 1. The van der Waals surface area contributed by atoms with Gasteiger partial charge in [-0.05, 0) is 19.9 Å². The van der Waals surface area contributed by atoms with Crippen LogP contribution < -0.4 is 5.32 Å². The van der Waals surface area contributed by atoms with Crippen molar-refractivity contribution in [2.75, 3.05) is 13.2 Å². The highest BCUT2D eigenvalue weighted by Gasteiger charge is 2.47. The monoisotopic (exact) mass is 243 g/mol. The molecule has 1 N–H and O–H groups in total. The lowest BCUT2D eigenvalue weighted by molar-refractivity contribution is -0.164. The van der Waals surface area contributed by atoms with Crippen LogP contribution in [0.15, 0.2) is 12.7 Å². The van der Waals surface area contributed by atoms with E-state index >= 15 is 0 Å². The average molecular weight is 243 g/mol. The Morgan fingerprint density at radius 1 is 1.18 bits per heavy atom. The van der Waals surface area contributed by atoms with Gasteiger partial charge in [-0.15, -0.1) is 0 Å². The van der Waals surface area contributed by atoms with Crippen LogP contribution in [0.4, 0.5) is 0 Å². The molecular formula is C11H17NO5. The van der Waals surface area contributed by atoms with Gasteiger partial charge >= 0.3 is 11.9 Å². The van der Waals surface area contributed by atoms with E-state index in [1.165, 1.54) is 6.92 Å². The number of carbonyl (C=O) groups is 3. The zero-order chi connectivity index (χ0) is 13.5. The van der Waals surface area contributed by atoms with Gasteiger partial charge in [0.05, 0.1) is 13.2 Å². The molecule has 6 nitrogen and oxygen atoms in total. The molecule has 0 atom stereocenters. The molecule has 1 amide bonds. The van der Waals surface area contributed by atoms with Crippen LogP contribution in [0.3, 0.4) is 0 Å². The molecule has 0 fully saturated rings. The number of amides is 1. The predicted octanol–water partition coefficient (Wildman–Crippen LogP) is 0.173. The fourth-order valence-electron chi connectivity index (χ4n) is 1.17. The van der Waals surface area contributed by atoms with E-state index in [1.54, 1.807) is 13.8 Å². The highest BCUT2D eigenvalue weighted by atomic mass is 16.6. The van der Waals surface area contributed by atoms with Gasteiger partial charge in [-0.3, -0.25) is 4.79 Å². The lowest BCUT2D eigenvalue weighted by Crippen LogP contribution is -2.59. The van der Waals surface area contributed by atoms with Crippen LogP contribution in [0.25, 0.3) is 0 Å². The molecule has 0 rings (SSSR count). The molecule has 0 spiro atoms. The standard InChI is InChI=1S/C11H17NO5/c1-5-11(12-8(4)13,9(14)16-6-2)10(15)17-7-3/h5H,1,6-7H2,2-4H3,(H,12,13). The maximum atomic E-state index is 11.7. The average Bonchev–Trinajstić information content (AvgIpc) is 2.26. The molecule has 0 unspecified atom stereocenters. The summed E-state index contributed by atoms with van der Waals surface area (Å²) in [5.41, 5.74) is -1.97. The first-order valence-electron chi connectivity index (χ1n) is 5.21. The van der Waals surface area contributed by atoms with Gasteiger partial charge in [0.15, 0.2) is 0 Å². The van der Waals surface area contributed by atoms with E-state index in [2.05, 4.69) is 11.9 Å². The molecule has 6 heteroatoms. The van der Waals surface area contributed by atoms with Crippen molar-refractivity contribution in [3.05, 3.63) is 12.7 Å². The number of carbonyl (C=O) groups excluding carboxylic acids is 3. The third-order valence-electron chi connectivity index (χ3n) is 1.87. The lowest BCUT2D eigenvalue weighted by atomic mass is 10.00. The zero-order valence-corrected chi connectivity index (χ0v) is 10.2. The number of ether oxygens (including phenoxy) is 2. The van der Waals surface area contributed by atoms with Crippen LogP contribution in [-0.4, -0.2) is 36.6 Å². The molecule has 0 aliphatic rings. The minimum Gasteiger partial charge on any atom is -0.464 e. The van der Waals surface area contributed by atoms with Crippen molar-refractivity contribution in [3.8, 4) is 0 Å². The molecule has 0 aliphatic carbocycles. The highest BCUT2D eigenvalue weighted by Crippen LogP contribution is 2.12. The Balaban J connectivity index is 5.27. The summed E-state index contributed by atoms with van der Waals surface area (Å²) in [6.45, 7) is 7.88. The summed E-state index contributed by atoms with van der Waals surface area (Å²) in [4.78, 5) is 34.5. The van der Waals surface area contributed by atoms with E-state index in [0.29, 0.717) is 0 Å². The summed E-state index contributed by atoms with van der Waals surface area (Å²) in [6.07, 6.45) is 1.00. The summed E-state index contributed by atoms with van der Waals surface area (Å²) < 4.78 is 9.48. The quantitative estimate of drug-likeness (QED) is 0.408. The van der Waals surface area contributed by atoms with Gasteiger partial charge in [0.25, 0.3) is 5.54 Å². The SMILES string of the molecule is C=CC(NC(C)=O)(C(=O)OCC)C(=O)OCC. The summed E-state index contributed by atoms with van der Waals surface area (Å²) in [5.74, 6) is -2.39. The highest BCUT2D eigenvalue weighted by molar-refractivity contribution is 6.09. The van der Waals surface area contributed by atoms with E-state index < -0.39 is 23.4 Å². The molecule has 0 saturated heterocycles. The van der Waals surface area contributed by atoms with Crippen LogP contribution in [0.1, 0.15) is 20.8 Å². The molecule has 0 aliphatic heterocycles. The normalized spacial score (nSPS) is 10.3. The third kappa shape index (κ3) is 3.58. The zero-order valence-electron chi connectivity index (χ0n) is 10.2. The van der Waals surface area contributed by atoms with Crippen molar-refractivity contribution in [3.63, 3.8) is 0 Å². The Morgan fingerprint density at radius 2 is 1.59 bits per heavy atom. The molecule has 0 aromatic heterocycles. The second-order valence-electron chi connectivity index (χ2n) is 3.13. The van der Waals surface area contributed by atoms with E-state index in [0.717, 1.165) is 6.08 Å². The smallest absolute Gasteiger partial charge is 0.347 e. The Kier molecular flexibility index (Phi) is 5.95. The van der Waals surface area contributed by atoms with Crippen molar-refractivity contribution in [1.29, 1.82) is 0 Å². The van der Waals surface area contributed by atoms with Gasteiger partial charge in [-0.2, -0.15) is 0 Å². The van der Waals surface area contributed by atoms with Crippen molar-refractivity contribution in [2.24, 2.45) is 0 Å². The largest absolute Gasteiger partial charge is 0.464 e. The number of hydrogen-bond donors (Lipinski definition) is 1. The first-order valence-corrected chi connectivity index (χ1v) is 5.21. The van der Waals surface area contributed by atoms with Crippen LogP contribution in [0.2, 0.25) is 0 Å². The summed E-state index contributed by atoms with van der Waals surface area (Å²) >= 11 is 0. The first kappa shape index (κ1) is 15.2. The van der Waals surface area contributed by atoms with Crippen molar-refractivity contribution in [2.45, 2.75) is 26.3 Å². The van der Waals surface area contributed by atoms with Crippen molar-refractivity contribution >= 4 is 17.8 Å². The van der Waals surface area contributed by atoms with E-state index in [1.807, 2.05) is 0 Å². The maximum absolute atomic E-state index is 11.7. The summed E-state index contributed by atoms with van der Waals surface area (Å²) in [6, 6.07) is 0. The minimum atomic E-state index is -1.97. The van der Waals surface area contributed by atoms with E-state index in [-0.39, 0.29) is 13.2 Å². The predicted molar refractivity (Wildman–Crippen MR) is 60.0 cm³/mol. The van der Waals surface area contributed by atoms with E-state index in [9.17, 15) is 14.4 Å². The van der Waals surface area contributed by atoms with Crippen molar-refractivity contribution in [1.82, 2.24) is 5.32 Å². The Labute approximate surface area is 100.0 Å². The Bertz CT molecular complexity index is 306. The van der Waals surface area contributed by atoms with Crippen molar-refractivity contribution < 1.29 is 23.9 Å². The second-order valence-corrected chi connectivity index (χ2v) is 3.13. The van der Waals surface area contributed by atoms with Crippen LogP contribution in [0.5, 0.6) is 0 Å². The van der Waals surface area contributed by atoms with Gasteiger partial charge < -0.3 is 14.8 Å². The molecule has 0 saturated carbocycles. The number of hydrogen-bond acceptors (Lipinski definition) is 5. The molecule has 0 aromatic rings. The maximum Gasteiger partial charge on any atom is 0.347 e.